The molecule has 0 aliphatic carbocycles. The standard InChI is InChI=1S/C14H13ClO4S/c15-12-2-1-3-14(10-12)19-13-6-4-11(5-7-13)8-9-20(16,17)18/h1-7,10H,8-9H2,(H,16,17,18). The highest BCUT2D eigenvalue weighted by atomic mass is 35.5. The molecule has 0 aliphatic rings. The summed E-state index contributed by atoms with van der Waals surface area (Å²) in [6, 6.07) is 14.0. The first kappa shape index (κ1) is 14.8. The number of hydrogen-bond acceptors (Lipinski definition) is 3. The third-order valence-electron chi connectivity index (χ3n) is 2.60. The summed E-state index contributed by atoms with van der Waals surface area (Å²) in [4.78, 5) is 0. The van der Waals surface area contributed by atoms with E-state index < -0.39 is 10.1 Å². The summed E-state index contributed by atoms with van der Waals surface area (Å²) in [6.45, 7) is 0. The van der Waals surface area contributed by atoms with Gasteiger partial charge in [-0.3, -0.25) is 4.55 Å². The summed E-state index contributed by atoms with van der Waals surface area (Å²) in [5.74, 6) is 0.965. The molecular formula is C14H13ClO4S. The van der Waals surface area contributed by atoms with Gasteiger partial charge in [-0.15, -0.1) is 0 Å². The van der Waals surface area contributed by atoms with Gasteiger partial charge in [0.15, 0.2) is 0 Å². The molecule has 0 radical (unpaired) electrons. The topological polar surface area (TPSA) is 63.6 Å². The summed E-state index contributed by atoms with van der Waals surface area (Å²) in [5.41, 5.74) is 0.807. The molecule has 0 aliphatic heterocycles. The van der Waals surface area contributed by atoms with Crippen LogP contribution >= 0.6 is 11.6 Å². The molecule has 4 nitrogen and oxygen atoms in total. The molecule has 0 saturated carbocycles. The third kappa shape index (κ3) is 4.85. The fraction of sp³-hybridized carbons (Fsp3) is 0.143. The minimum Gasteiger partial charge on any atom is -0.457 e. The Morgan fingerprint density at radius 2 is 1.75 bits per heavy atom. The zero-order chi connectivity index (χ0) is 14.6. The average molecular weight is 313 g/mol. The lowest BCUT2D eigenvalue weighted by atomic mass is 10.2. The second kappa shape index (κ2) is 6.26. The number of aryl methyl sites for hydroxylation is 1. The van der Waals surface area contributed by atoms with Gasteiger partial charge < -0.3 is 4.74 Å². The second-order valence-corrected chi connectivity index (χ2v) is 6.25. The van der Waals surface area contributed by atoms with E-state index in [1.54, 1.807) is 48.5 Å². The van der Waals surface area contributed by atoms with Crippen molar-refractivity contribution < 1.29 is 17.7 Å². The summed E-state index contributed by atoms with van der Waals surface area (Å²) >= 11 is 5.86. The zero-order valence-corrected chi connectivity index (χ0v) is 12.1. The van der Waals surface area contributed by atoms with E-state index in [2.05, 4.69) is 0 Å². The van der Waals surface area contributed by atoms with Crippen LogP contribution < -0.4 is 4.74 Å². The van der Waals surface area contributed by atoms with Crippen LogP contribution in [0.3, 0.4) is 0 Å². The molecule has 2 rings (SSSR count). The van der Waals surface area contributed by atoms with Crippen molar-refractivity contribution in [2.75, 3.05) is 5.75 Å². The van der Waals surface area contributed by atoms with Crippen LogP contribution in [0.5, 0.6) is 11.5 Å². The van der Waals surface area contributed by atoms with E-state index in [-0.39, 0.29) is 12.2 Å². The van der Waals surface area contributed by atoms with Crippen LogP contribution in [0.15, 0.2) is 48.5 Å². The molecule has 20 heavy (non-hydrogen) atoms. The van der Waals surface area contributed by atoms with E-state index in [1.807, 2.05) is 0 Å². The van der Waals surface area contributed by atoms with Crippen molar-refractivity contribution in [3.05, 3.63) is 59.1 Å². The van der Waals surface area contributed by atoms with Crippen LogP contribution in [0.1, 0.15) is 5.56 Å². The van der Waals surface area contributed by atoms with E-state index >= 15 is 0 Å². The van der Waals surface area contributed by atoms with Gasteiger partial charge >= 0.3 is 0 Å². The van der Waals surface area contributed by atoms with Crippen molar-refractivity contribution in [2.45, 2.75) is 6.42 Å². The lowest BCUT2D eigenvalue weighted by Crippen LogP contribution is -2.06. The Bertz CT molecular complexity index is 681. The quantitative estimate of drug-likeness (QED) is 0.857. The maximum atomic E-state index is 10.7. The van der Waals surface area contributed by atoms with Gasteiger partial charge in [0.05, 0.1) is 5.75 Å². The van der Waals surface area contributed by atoms with Crippen molar-refractivity contribution in [1.82, 2.24) is 0 Å². The number of rotatable bonds is 5. The lowest BCUT2D eigenvalue weighted by Gasteiger charge is -2.07. The van der Waals surface area contributed by atoms with Gasteiger partial charge in [0.25, 0.3) is 10.1 Å². The van der Waals surface area contributed by atoms with E-state index in [9.17, 15) is 8.42 Å². The Balaban J connectivity index is 2.01. The highest BCUT2D eigenvalue weighted by Gasteiger charge is 2.05. The molecule has 6 heteroatoms. The fourth-order valence-electron chi connectivity index (χ4n) is 1.64. The molecule has 0 fully saturated rings. The van der Waals surface area contributed by atoms with Crippen molar-refractivity contribution in [3.63, 3.8) is 0 Å². The van der Waals surface area contributed by atoms with E-state index in [0.29, 0.717) is 16.5 Å². The van der Waals surface area contributed by atoms with Gasteiger partial charge in [-0.05, 0) is 42.3 Å². The van der Waals surface area contributed by atoms with Crippen LogP contribution in [0.4, 0.5) is 0 Å². The molecule has 0 spiro atoms. The predicted octanol–water partition coefficient (Wildman–Crippen LogP) is 3.56. The van der Waals surface area contributed by atoms with E-state index in [4.69, 9.17) is 20.9 Å². The first-order valence-electron chi connectivity index (χ1n) is 5.90. The molecule has 0 unspecified atom stereocenters. The highest BCUT2D eigenvalue weighted by molar-refractivity contribution is 7.85. The first-order valence-corrected chi connectivity index (χ1v) is 7.89. The Kier molecular flexibility index (Phi) is 4.65. The van der Waals surface area contributed by atoms with Gasteiger partial charge in [0.1, 0.15) is 11.5 Å². The molecule has 0 heterocycles. The fourth-order valence-corrected chi connectivity index (χ4v) is 2.31. The molecule has 106 valence electrons. The van der Waals surface area contributed by atoms with Crippen LogP contribution in [0.2, 0.25) is 5.02 Å². The molecule has 0 aromatic heterocycles. The number of benzene rings is 2. The van der Waals surface area contributed by atoms with E-state index in [0.717, 1.165) is 5.56 Å². The maximum absolute atomic E-state index is 10.7. The van der Waals surface area contributed by atoms with Gasteiger partial charge in [-0.1, -0.05) is 29.8 Å². The predicted molar refractivity (Wildman–Crippen MR) is 78.1 cm³/mol. The Morgan fingerprint density at radius 3 is 2.35 bits per heavy atom. The average Bonchev–Trinajstić information content (AvgIpc) is 2.37. The largest absolute Gasteiger partial charge is 0.457 e. The summed E-state index contributed by atoms with van der Waals surface area (Å²) < 4.78 is 35.6. The van der Waals surface area contributed by atoms with Gasteiger partial charge in [-0.25, -0.2) is 0 Å². The summed E-state index contributed by atoms with van der Waals surface area (Å²) in [7, 11) is -3.93. The third-order valence-corrected chi connectivity index (χ3v) is 3.56. The van der Waals surface area contributed by atoms with Crippen molar-refractivity contribution in [3.8, 4) is 11.5 Å². The van der Waals surface area contributed by atoms with Crippen LogP contribution in [0, 0.1) is 0 Å². The Hall–Kier alpha value is -1.56. The molecule has 1 N–H and O–H groups in total. The van der Waals surface area contributed by atoms with Crippen LogP contribution in [-0.4, -0.2) is 18.7 Å². The molecule has 0 atom stereocenters. The second-order valence-electron chi connectivity index (χ2n) is 4.24. The summed E-state index contributed by atoms with van der Waals surface area (Å²) in [5, 5.41) is 0.590. The molecule has 0 bridgehead atoms. The summed E-state index contributed by atoms with van der Waals surface area (Å²) in [6.07, 6.45) is 0.260. The Morgan fingerprint density at radius 1 is 1.05 bits per heavy atom. The normalized spacial score (nSPS) is 11.3. The van der Waals surface area contributed by atoms with Gasteiger partial charge in [-0.2, -0.15) is 8.42 Å². The monoisotopic (exact) mass is 312 g/mol. The highest BCUT2D eigenvalue weighted by Crippen LogP contribution is 2.24. The molecular weight excluding hydrogens is 300 g/mol. The van der Waals surface area contributed by atoms with E-state index in [1.165, 1.54) is 0 Å². The van der Waals surface area contributed by atoms with Gasteiger partial charge in [0, 0.05) is 5.02 Å². The number of hydrogen-bond donors (Lipinski definition) is 1. The van der Waals surface area contributed by atoms with Crippen LogP contribution in [0.25, 0.3) is 0 Å². The maximum Gasteiger partial charge on any atom is 0.265 e. The van der Waals surface area contributed by atoms with Crippen LogP contribution in [-0.2, 0) is 16.5 Å². The zero-order valence-electron chi connectivity index (χ0n) is 10.5. The minimum absolute atomic E-state index is 0.260. The van der Waals surface area contributed by atoms with Gasteiger partial charge in [0.2, 0.25) is 0 Å². The molecule has 0 saturated heterocycles. The van der Waals surface area contributed by atoms with Crippen molar-refractivity contribution >= 4 is 21.7 Å². The lowest BCUT2D eigenvalue weighted by molar-refractivity contribution is 0.482. The first-order chi connectivity index (χ1) is 9.42. The Labute approximate surface area is 122 Å². The molecule has 2 aromatic rings. The molecule has 0 amide bonds. The molecule has 2 aromatic carbocycles. The smallest absolute Gasteiger partial charge is 0.265 e. The van der Waals surface area contributed by atoms with Crippen molar-refractivity contribution in [2.24, 2.45) is 0 Å². The van der Waals surface area contributed by atoms with Crippen molar-refractivity contribution in [1.29, 1.82) is 0 Å². The SMILES string of the molecule is O=S(=O)(O)CCc1ccc(Oc2cccc(Cl)c2)cc1. The number of ether oxygens (including phenoxy) is 1. The minimum atomic E-state index is -3.93. The number of halogens is 1.